The molecule has 0 bridgehead atoms. The van der Waals surface area contributed by atoms with Crippen LogP contribution in [-0.4, -0.2) is 31.3 Å². The summed E-state index contributed by atoms with van der Waals surface area (Å²) in [7, 11) is 1.29. The molecule has 0 saturated heterocycles. The van der Waals surface area contributed by atoms with Crippen molar-refractivity contribution in [3.05, 3.63) is 41.5 Å². The number of amides is 1. The molecule has 0 radical (unpaired) electrons. The number of ketones is 1. The summed E-state index contributed by atoms with van der Waals surface area (Å²) in [5, 5.41) is 11.5. The van der Waals surface area contributed by atoms with Gasteiger partial charge in [0.2, 0.25) is 5.91 Å². The van der Waals surface area contributed by atoms with E-state index in [1.807, 2.05) is 6.92 Å². The van der Waals surface area contributed by atoms with Crippen molar-refractivity contribution in [1.82, 2.24) is 5.32 Å². The summed E-state index contributed by atoms with van der Waals surface area (Å²) in [5.41, 5.74) is 1.06. The zero-order valence-electron chi connectivity index (χ0n) is 13.0. The van der Waals surface area contributed by atoms with Crippen LogP contribution in [0.25, 0.3) is 6.08 Å². The van der Waals surface area contributed by atoms with Gasteiger partial charge in [-0.15, -0.1) is 0 Å². The van der Waals surface area contributed by atoms with Crippen LogP contribution >= 0.6 is 0 Å². The van der Waals surface area contributed by atoms with Gasteiger partial charge in [-0.25, -0.2) is 4.79 Å². The maximum absolute atomic E-state index is 11.9. The molecule has 1 aromatic rings. The van der Waals surface area contributed by atoms with Gasteiger partial charge >= 0.3 is 5.97 Å². The molecule has 0 spiro atoms. The third-order valence-electron chi connectivity index (χ3n) is 3.00. The Kier molecular flexibility index (Phi) is 7.21. The van der Waals surface area contributed by atoms with Crippen LogP contribution in [0.1, 0.15) is 29.3 Å². The van der Waals surface area contributed by atoms with Crippen LogP contribution < -0.4 is 5.32 Å². The first kappa shape index (κ1) is 18.1. The number of ether oxygens (including phenoxy) is 1. The Labute approximate surface area is 134 Å². The molecule has 0 aliphatic carbocycles. The van der Waals surface area contributed by atoms with Crippen LogP contribution in [0.5, 0.6) is 0 Å². The van der Waals surface area contributed by atoms with E-state index < -0.39 is 23.6 Å². The van der Waals surface area contributed by atoms with Crippen LogP contribution in [0.3, 0.4) is 0 Å². The quantitative estimate of drug-likeness (QED) is 0.469. The smallest absolute Gasteiger partial charge is 0.337 e. The predicted molar refractivity (Wildman–Crippen MR) is 84.2 cm³/mol. The molecule has 0 saturated carbocycles. The molecule has 1 unspecified atom stereocenters. The molecule has 6 heteroatoms. The molecule has 0 aliphatic heterocycles. The molecule has 0 heterocycles. The Morgan fingerprint density at radius 1 is 1.30 bits per heavy atom. The van der Waals surface area contributed by atoms with E-state index in [1.54, 1.807) is 30.3 Å². The van der Waals surface area contributed by atoms with E-state index in [0.717, 1.165) is 6.42 Å². The van der Waals surface area contributed by atoms with Crippen LogP contribution in [0.4, 0.5) is 0 Å². The molecule has 0 aliphatic rings. The number of hydrogen-bond acceptors (Lipinski definition) is 5. The van der Waals surface area contributed by atoms with Gasteiger partial charge < -0.3 is 10.1 Å². The minimum Gasteiger partial charge on any atom is -0.465 e. The number of carbonyl (C=O) groups excluding carboxylic acids is 3. The minimum atomic E-state index is -1.35. The topological polar surface area (TPSA) is 96.3 Å². The molecule has 1 rings (SSSR count). The Hall–Kier alpha value is -2.94. The maximum Gasteiger partial charge on any atom is 0.337 e. The monoisotopic (exact) mass is 314 g/mol. The number of nitrogens with zero attached hydrogens (tertiary/aromatic N) is 1. The zero-order valence-corrected chi connectivity index (χ0v) is 13.0. The Morgan fingerprint density at radius 2 is 1.96 bits per heavy atom. The van der Waals surface area contributed by atoms with Crippen LogP contribution in [0.2, 0.25) is 0 Å². The maximum atomic E-state index is 11.9. The van der Waals surface area contributed by atoms with Crippen LogP contribution in [-0.2, 0) is 14.3 Å². The highest BCUT2D eigenvalue weighted by atomic mass is 16.5. The molecule has 1 aromatic carbocycles. The second-order valence-corrected chi connectivity index (χ2v) is 4.70. The Morgan fingerprint density at radius 3 is 2.48 bits per heavy atom. The average molecular weight is 314 g/mol. The number of allylic oxidation sites excluding steroid dienone is 1. The Balaban J connectivity index is 2.75. The molecular weight excluding hydrogens is 296 g/mol. The van der Waals surface area contributed by atoms with Crippen molar-refractivity contribution in [2.75, 3.05) is 13.7 Å². The molecule has 0 aromatic heterocycles. The molecule has 23 heavy (non-hydrogen) atoms. The van der Waals surface area contributed by atoms with E-state index in [0.29, 0.717) is 17.7 Å². The van der Waals surface area contributed by atoms with E-state index >= 15 is 0 Å². The number of nitriles is 1. The number of benzene rings is 1. The molecule has 120 valence electrons. The normalized spacial score (nSPS) is 11.5. The third-order valence-corrected chi connectivity index (χ3v) is 3.00. The highest BCUT2D eigenvalue weighted by Gasteiger charge is 2.23. The molecular formula is C17H18N2O4. The van der Waals surface area contributed by atoms with E-state index in [9.17, 15) is 14.4 Å². The number of esters is 1. The summed E-state index contributed by atoms with van der Waals surface area (Å²) >= 11 is 0. The van der Waals surface area contributed by atoms with Gasteiger partial charge in [0.15, 0.2) is 11.7 Å². The lowest BCUT2D eigenvalue weighted by Gasteiger charge is -2.06. The van der Waals surface area contributed by atoms with E-state index in [4.69, 9.17) is 5.26 Å². The number of nitrogens with one attached hydrogen (secondary N) is 1. The van der Waals surface area contributed by atoms with Gasteiger partial charge in [0, 0.05) is 6.54 Å². The number of rotatable bonds is 7. The fourth-order valence-corrected chi connectivity index (χ4v) is 1.72. The van der Waals surface area contributed by atoms with Gasteiger partial charge in [0.1, 0.15) is 0 Å². The van der Waals surface area contributed by atoms with Gasteiger partial charge in [0.05, 0.1) is 18.7 Å². The van der Waals surface area contributed by atoms with Crippen LogP contribution in [0, 0.1) is 17.2 Å². The van der Waals surface area contributed by atoms with Gasteiger partial charge in [0.25, 0.3) is 0 Å². The van der Waals surface area contributed by atoms with Crippen LogP contribution in [0.15, 0.2) is 30.3 Å². The summed E-state index contributed by atoms with van der Waals surface area (Å²) in [5.74, 6) is -2.98. The third kappa shape index (κ3) is 5.40. The second-order valence-electron chi connectivity index (χ2n) is 4.70. The van der Waals surface area contributed by atoms with Gasteiger partial charge in [-0.05, 0) is 30.2 Å². The summed E-state index contributed by atoms with van der Waals surface area (Å²) in [4.78, 5) is 34.9. The Bertz CT molecular complexity index is 642. The fourth-order valence-electron chi connectivity index (χ4n) is 1.72. The zero-order chi connectivity index (χ0) is 17.2. The molecule has 1 atom stereocenters. The molecule has 1 N–H and O–H groups in total. The van der Waals surface area contributed by atoms with Crippen molar-refractivity contribution >= 4 is 23.7 Å². The SMILES string of the molecule is CCCNC(=O)C(C#N)C(=O)C=Cc1ccc(C(=O)OC)cc1. The lowest BCUT2D eigenvalue weighted by molar-refractivity contribution is -0.129. The molecule has 1 amide bonds. The predicted octanol–water partition coefficient (Wildman–Crippen LogP) is 1.72. The van der Waals surface area contributed by atoms with Crippen molar-refractivity contribution in [2.45, 2.75) is 13.3 Å². The number of hydrogen-bond donors (Lipinski definition) is 1. The van der Waals surface area contributed by atoms with Gasteiger partial charge in [-0.1, -0.05) is 25.1 Å². The highest BCUT2D eigenvalue weighted by molar-refractivity contribution is 6.10. The van der Waals surface area contributed by atoms with Gasteiger partial charge in [-0.3, -0.25) is 9.59 Å². The van der Waals surface area contributed by atoms with Crippen molar-refractivity contribution < 1.29 is 19.1 Å². The number of carbonyl (C=O) groups is 3. The summed E-state index contributed by atoms with van der Waals surface area (Å²) in [6.45, 7) is 2.30. The fraction of sp³-hybridized carbons (Fsp3) is 0.294. The summed E-state index contributed by atoms with van der Waals surface area (Å²) in [6.07, 6.45) is 3.40. The molecule has 0 fully saturated rings. The summed E-state index contributed by atoms with van der Waals surface area (Å²) in [6, 6.07) is 8.09. The molecule has 6 nitrogen and oxygen atoms in total. The van der Waals surface area contributed by atoms with Crippen molar-refractivity contribution in [3.8, 4) is 6.07 Å². The van der Waals surface area contributed by atoms with Crippen molar-refractivity contribution in [3.63, 3.8) is 0 Å². The first-order valence-corrected chi connectivity index (χ1v) is 7.11. The average Bonchev–Trinajstić information content (AvgIpc) is 2.58. The first-order valence-electron chi connectivity index (χ1n) is 7.11. The highest BCUT2D eigenvalue weighted by Crippen LogP contribution is 2.08. The lowest BCUT2D eigenvalue weighted by atomic mass is 10.0. The largest absolute Gasteiger partial charge is 0.465 e. The summed E-state index contributed by atoms with van der Waals surface area (Å²) < 4.78 is 4.59. The standard InChI is InChI=1S/C17H18N2O4/c1-3-10-19-16(21)14(11-18)15(20)9-6-12-4-7-13(8-5-12)17(22)23-2/h4-9,14H,3,10H2,1-2H3,(H,19,21). The van der Waals surface area contributed by atoms with E-state index in [2.05, 4.69) is 10.1 Å². The van der Waals surface area contributed by atoms with E-state index in [-0.39, 0.29) is 0 Å². The second kappa shape index (κ2) is 9.15. The number of methoxy groups -OCH3 is 1. The first-order chi connectivity index (χ1) is 11.0. The van der Waals surface area contributed by atoms with E-state index in [1.165, 1.54) is 19.3 Å². The van der Waals surface area contributed by atoms with Crippen molar-refractivity contribution in [1.29, 1.82) is 5.26 Å². The van der Waals surface area contributed by atoms with Gasteiger partial charge in [-0.2, -0.15) is 5.26 Å². The minimum absolute atomic E-state index is 0.393. The van der Waals surface area contributed by atoms with Crippen molar-refractivity contribution in [2.24, 2.45) is 5.92 Å². The lowest BCUT2D eigenvalue weighted by Crippen LogP contribution is -2.34.